The highest BCUT2D eigenvalue weighted by molar-refractivity contribution is 6.30. The van der Waals surface area contributed by atoms with Crippen LogP contribution in [0.25, 0.3) is 0 Å². The molecule has 3 rings (SSSR count). The van der Waals surface area contributed by atoms with Gasteiger partial charge in [0, 0.05) is 37.7 Å². The molecule has 0 bridgehead atoms. The van der Waals surface area contributed by atoms with Gasteiger partial charge in [-0.15, -0.1) is 0 Å². The largest absolute Gasteiger partial charge is 0.465 e. The SMILES string of the molecule is CCOC(=O)[C@@H](c1ccc(Cl)cc1)N1CCN(C[C@@H](O)c2ccc(F)cc2)CC1. The lowest BCUT2D eigenvalue weighted by Crippen LogP contribution is -2.50. The molecule has 7 heteroatoms. The van der Waals surface area contributed by atoms with Gasteiger partial charge in [-0.2, -0.15) is 0 Å². The Morgan fingerprint density at radius 1 is 1.07 bits per heavy atom. The highest BCUT2D eigenvalue weighted by Crippen LogP contribution is 2.26. The number of halogens is 2. The van der Waals surface area contributed by atoms with Gasteiger partial charge in [0.25, 0.3) is 0 Å². The van der Waals surface area contributed by atoms with Crippen molar-refractivity contribution in [3.05, 3.63) is 70.5 Å². The van der Waals surface area contributed by atoms with Gasteiger partial charge in [-0.3, -0.25) is 9.80 Å². The number of aliphatic hydroxyl groups is 1. The fourth-order valence-electron chi connectivity index (χ4n) is 3.60. The number of aliphatic hydroxyl groups excluding tert-OH is 1. The van der Waals surface area contributed by atoms with Crippen LogP contribution in [0.4, 0.5) is 4.39 Å². The first-order valence-corrected chi connectivity index (χ1v) is 10.2. The van der Waals surface area contributed by atoms with E-state index in [1.807, 2.05) is 12.1 Å². The first-order valence-electron chi connectivity index (χ1n) is 9.80. The van der Waals surface area contributed by atoms with Gasteiger partial charge in [0.05, 0.1) is 12.7 Å². The van der Waals surface area contributed by atoms with Crippen molar-refractivity contribution >= 4 is 17.6 Å². The molecule has 29 heavy (non-hydrogen) atoms. The van der Waals surface area contributed by atoms with Gasteiger partial charge in [-0.25, -0.2) is 9.18 Å². The first kappa shape index (κ1) is 21.7. The number of piperazine rings is 1. The van der Waals surface area contributed by atoms with Crippen molar-refractivity contribution in [2.45, 2.75) is 19.1 Å². The summed E-state index contributed by atoms with van der Waals surface area (Å²) in [6.07, 6.45) is -0.681. The Morgan fingerprint density at radius 2 is 1.66 bits per heavy atom. The molecular formula is C22H26ClFN2O3. The number of hydrogen-bond donors (Lipinski definition) is 1. The minimum atomic E-state index is -0.681. The van der Waals surface area contributed by atoms with Crippen molar-refractivity contribution in [1.29, 1.82) is 0 Å². The lowest BCUT2D eigenvalue weighted by molar-refractivity contribution is -0.150. The van der Waals surface area contributed by atoms with Crippen LogP contribution in [0.15, 0.2) is 48.5 Å². The number of nitrogens with zero attached hydrogens (tertiary/aromatic N) is 2. The molecule has 5 nitrogen and oxygen atoms in total. The third kappa shape index (κ3) is 5.76. The zero-order chi connectivity index (χ0) is 20.8. The van der Waals surface area contributed by atoms with E-state index >= 15 is 0 Å². The predicted octanol–water partition coefficient (Wildman–Crippen LogP) is 3.43. The molecule has 0 aromatic heterocycles. The summed E-state index contributed by atoms with van der Waals surface area (Å²) in [5.74, 6) is -0.587. The molecule has 0 aliphatic carbocycles. The van der Waals surface area contributed by atoms with E-state index in [1.165, 1.54) is 12.1 Å². The lowest BCUT2D eigenvalue weighted by atomic mass is 10.0. The standard InChI is InChI=1S/C22H26ClFN2O3/c1-2-29-22(28)21(17-3-7-18(23)8-4-17)26-13-11-25(12-14-26)15-20(27)16-5-9-19(24)10-6-16/h3-10,20-21,27H,2,11-15H2,1H3/t20-,21-/m1/s1. The van der Waals surface area contributed by atoms with Crippen LogP contribution in [0, 0.1) is 5.82 Å². The van der Waals surface area contributed by atoms with E-state index in [0.29, 0.717) is 49.9 Å². The Kier molecular flexibility index (Phi) is 7.61. The van der Waals surface area contributed by atoms with Crippen molar-refractivity contribution in [1.82, 2.24) is 9.80 Å². The fraction of sp³-hybridized carbons (Fsp3) is 0.409. The molecule has 1 heterocycles. The van der Waals surface area contributed by atoms with E-state index in [2.05, 4.69) is 9.80 Å². The van der Waals surface area contributed by atoms with Crippen LogP contribution >= 0.6 is 11.6 Å². The topological polar surface area (TPSA) is 53.0 Å². The Hall–Kier alpha value is -1.99. The van der Waals surface area contributed by atoms with Crippen LogP contribution in [-0.2, 0) is 9.53 Å². The quantitative estimate of drug-likeness (QED) is 0.695. The molecule has 1 fully saturated rings. The molecule has 156 valence electrons. The monoisotopic (exact) mass is 420 g/mol. The summed E-state index contributed by atoms with van der Waals surface area (Å²) in [5, 5.41) is 11.1. The van der Waals surface area contributed by atoms with E-state index in [4.69, 9.17) is 16.3 Å². The molecule has 0 saturated carbocycles. The second-order valence-electron chi connectivity index (χ2n) is 7.11. The number of carbonyl (C=O) groups is 1. The number of esters is 1. The molecule has 1 aliphatic heterocycles. The minimum absolute atomic E-state index is 0.269. The maximum absolute atomic E-state index is 13.1. The van der Waals surface area contributed by atoms with Crippen molar-refractivity contribution in [3.63, 3.8) is 0 Å². The summed E-state index contributed by atoms with van der Waals surface area (Å²) in [5.41, 5.74) is 1.55. The number of carbonyl (C=O) groups excluding carboxylic acids is 1. The lowest BCUT2D eigenvalue weighted by Gasteiger charge is -2.39. The molecule has 0 unspecified atom stereocenters. The first-order chi connectivity index (χ1) is 14.0. The second kappa shape index (κ2) is 10.2. The van der Waals surface area contributed by atoms with Crippen molar-refractivity contribution < 1.29 is 19.0 Å². The summed E-state index contributed by atoms with van der Waals surface area (Å²) in [4.78, 5) is 16.9. The van der Waals surface area contributed by atoms with E-state index in [0.717, 1.165) is 5.56 Å². The number of rotatable bonds is 7. The average molecular weight is 421 g/mol. The summed E-state index contributed by atoms with van der Waals surface area (Å²) >= 11 is 5.99. The molecule has 2 aromatic carbocycles. The van der Waals surface area contributed by atoms with Gasteiger partial charge in [0.2, 0.25) is 0 Å². The highest BCUT2D eigenvalue weighted by Gasteiger charge is 2.32. The molecule has 2 atom stereocenters. The van der Waals surface area contributed by atoms with Crippen LogP contribution in [0.2, 0.25) is 5.02 Å². The van der Waals surface area contributed by atoms with Crippen molar-refractivity contribution in [3.8, 4) is 0 Å². The van der Waals surface area contributed by atoms with E-state index in [1.54, 1.807) is 31.2 Å². The van der Waals surface area contributed by atoms with Gasteiger partial charge >= 0.3 is 5.97 Å². The van der Waals surface area contributed by atoms with Crippen molar-refractivity contribution in [2.75, 3.05) is 39.3 Å². The van der Waals surface area contributed by atoms with E-state index in [9.17, 15) is 14.3 Å². The smallest absolute Gasteiger partial charge is 0.328 e. The summed E-state index contributed by atoms with van der Waals surface area (Å²) in [7, 11) is 0. The van der Waals surface area contributed by atoms with Crippen LogP contribution in [0.5, 0.6) is 0 Å². The number of hydrogen-bond acceptors (Lipinski definition) is 5. The zero-order valence-electron chi connectivity index (χ0n) is 16.4. The van der Waals surface area contributed by atoms with Crippen LogP contribution in [0.3, 0.4) is 0 Å². The van der Waals surface area contributed by atoms with Gasteiger partial charge in [0.1, 0.15) is 11.9 Å². The minimum Gasteiger partial charge on any atom is -0.465 e. The maximum Gasteiger partial charge on any atom is 0.328 e. The Morgan fingerprint density at radius 3 is 2.24 bits per heavy atom. The Balaban J connectivity index is 1.62. The molecule has 0 spiro atoms. The van der Waals surface area contributed by atoms with Gasteiger partial charge in [0.15, 0.2) is 0 Å². The van der Waals surface area contributed by atoms with Crippen LogP contribution in [-0.4, -0.2) is 60.2 Å². The fourth-order valence-corrected chi connectivity index (χ4v) is 3.73. The normalized spacial score (nSPS) is 17.7. The average Bonchev–Trinajstić information content (AvgIpc) is 2.71. The molecule has 0 amide bonds. The zero-order valence-corrected chi connectivity index (χ0v) is 17.2. The highest BCUT2D eigenvalue weighted by atomic mass is 35.5. The molecule has 1 N–H and O–H groups in total. The van der Waals surface area contributed by atoms with Crippen molar-refractivity contribution in [2.24, 2.45) is 0 Å². The number of β-amino-alcohol motifs (C(OH)–C–C–N with tert-alkyl or cyclic N) is 1. The van der Waals surface area contributed by atoms with Gasteiger partial charge in [-0.1, -0.05) is 35.9 Å². The molecule has 1 aliphatic rings. The summed E-state index contributed by atoms with van der Waals surface area (Å²) in [6, 6.07) is 12.7. The molecule has 2 aromatic rings. The maximum atomic E-state index is 13.1. The second-order valence-corrected chi connectivity index (χ2v) is 7.55. The molecule has 1 saturated heterocycles. The number of ether oxygens (including phenoxy) is 1. The Labute approximate surface area is 175 Å². The third-order valence-electron chi connectivity index (χ3n) is 5.15. The van der Waals surface area contributed by atoms with Crippen LogP contribution < -0.4 is 0 Å². The number of benzene rings is 2. The van der Waals surface area contributed by atoms with E-state index < -0.39 is 12.1 Å². The molecular weight excluding hydrogens is 395 g/mol. The predicted molar refractivity (Wildman–Crippen MR) is 110 cm³/mol. The van der Waals surface area contributed by atoms with Gasteiger partial charge < -0.3 is 9.84 Å². The summed E-state index contributed by atoms with van der Waals surface area (Å²) in [6.45, 7) is 5.34. The van der Waals surface area contributed by atoms with Gasteiger partial charge in [-0.05, 0) is 42.3 Å². The molecule has 0 radical (unpaired) electrons. The summed E-state index contributed by atoms with van der Waals surface area (Å²) < 4.78 is 18.4. The van der Waals surface area contributed by atoms with Crippen LogP contribution in [0.1, 0.15) is 30.2 Å². The Bertz CT molecular complexity index is 793. The van der Waals surface area contributed by atoms with E-state index in [-0.39, 0.29) is 11.8 Å². The third-order valence-corrected chi connectivity index (χ3v) is 5.41.